The van der Waals surface area contributed by atoms with Gasteiger partial charge in [0.2, 0.25) is 0 Å². The minimum Gasteiger partial charge on any atom is -0.462 e. The van der Waals surface area contributed by atoms with Gasteiger partial charge in [-0.25, -0.2) is 14.8 Å². The van der Waals surface area contributed by atoms with E-state index in [-0.39, 0.29) is 30.2 Å². The van der Waals surface area contributed by atoms with E-state index in [4.69, 9.17) is 5.73 Å². The minimum atomic E-state index is -4.28. The van der Waals surface area contributed by atoms with Crippen LogP contribution >= 0.6 is 0 Å². The maximum atomic E-state index is 12.0. The molecule has 0 saturated heterocycles. The molecule has 0 aliphatic carbocycles. The third-order valence-corrected chi connectivity index (χ3v) is 2.00. The van der Waals surface area contributed by atoms with E-state index in [2.05, 4.69) is 14.7 Å². The number of hydrogen-bond acceptors (Lipinski definition) is 5. The third-order valence-electron chi connectivity index (χ3n) is 2.00. The number of rotatable bonds is 4. The van der Waals surface area contributed by atoms with E-state index in [1.807, 2.05) is 0 Å². The number of carbonyl (C=O) groups excluding carboxylic acids is 1. The Bertz CT molecular complexity index is 435. The fourth-order valence-corrected chi connectivity index (χ4v) is 1.17. The van der Waals surface area contributed by atoms with Crippen LogP contribution in [0.2, 0.25) is 0 Å². The van der Waals surface area contributed by atoms with Crippen LogP contribution in [0.15, 0.2) is 6.20 Å². The Morgan fingerprint density at radius 3 is 2.67 bits per heavy atom. The lowest BCUT2D eigenvalue weighted by Gasteiger charge is -2.07. The largest absolute Gasteiger partial charge is 0.462 e. The van der Waals surface area contributed by atoms with Gasteiger partial charge in [-0.15, -0.1) is 0 Å². The maximum absolute atomic E-state index is 12.0. The number of aryl methyl sites for hydroxylation is 1. The Hall–Kier alpha value is -1.86. The molecule has 1 rings (SSSR count). The monoisotopic (exact) mass is 263 g/mol. The van der Waals surface area contributed by atoms with Crippen molar-refractivity contribution >= 4 is 11.8 Å². The van der Waals surface area contributed by atoms with Gasteiger partial charge in [-0.3, -0.25) is 0 Å². The number of aromatic nitrogens is 2. The summed E-state index contributed by atoms with van der Waals surface area (Å²) in [6.45, 7) is 1.78. The van der Waals surface area contributed by atoms with Crippen molar-refractivity contribution in [1.82, 2.24) is 9.97 Å². The highest BCUT2D eigenvalue weighted by Crippen LogP contribution is 2.21. The van der Waals surface area contributed by atoms with Gasteiger partial charge in [-0.1, -0.05) is 0 Å². The number of anilines is 1. The molecule has 0 aliphatic heterocycles. The summed E-state index contributed by atoms with van der Waals surface area (Å²) in [7, 11) is 0. The van der Waals surface area contributed by atoms with Crippen molar-refractivity contribution in [3.05, 3.63) is 17.6 Å². The van der Waals surface area contributed by atoms with Crippen molar-refractivity contribution in [1.29, 1.82) is 0 Å². The Morgan fingerprint density at radius 2 is 2.17 bits per heavy atom. The highest BCUT2D eigenvalue weighted by Gasteiger charge is 2.27. The summed E-state index contributed by atoms with van der Waals surface area (Å²) in [5, 5.41) is 0. The highest BCUT2D eigenvalue weighted by molar-refractivity contribution is 5.93. The molecular formula is C10H12F3N3O2. The van der Waals surface area contributed by atoms with Gasteiger partial charge >= 0.3 is 12.1 Å². The summed E-state index contributed by atoms with van der Waals surface area (Å²) in [6.07, 6.45) is -4.62. The fourth-order valence-electron chi connectivity index (χ4n) is 1.17. The predicted octanol–water partition coefficient (Wildman–Crippen LogP) is 1.73. The molecule has 0 spiro atoms. The van der Waals surface area contributed by atoms with Gasteiger partial charge in [0, 0.05) is 12.6 Å². The van der Waals surface area contributed by atoms with Crippen molar-refractivity contribution < 1.29 is 22.7 Å². The van der Waals surface area contributed by atoms with Crippen molar-refractivity contribution in [3.8, 4) is 0 Å². The van der Waals surface area contributed by atoms with Crippen molar-refractivity contribution in [2.24, 2.45) is 0 Å². The summed E-state index contributed by atoms with van der Waals surface area (Å²) in [6, 6.07) is 0. The molecule has 8 heteroatoms. The topological polar surface area (TPSA) is 78.1 Å². The van der Waals surface area contributed by atoms with Crippen LogP contribution < -0.4 is 5.73 Å². The summed E-state index contributed by atoms with van der Waals surface area (Å²) in [4.78, 5) is 18.6. The van der Waals surface area contributed by atoms with Crippen molar-refractivity contribution in [2.75, 3.05) is 12.3 Å². The van der Waals surface area contributed by atoms with Crippen LogP contribution in [0, 0.1) is 0 Å². The standard InChI is InChI=1S/C10H12F3N3O2/c1-2-18-9(17)6-5-15-7(16-8(6)14)3-4-10(11,12)13/h5H,2-4H2,1H3,(H2,14,15,16). The molecule has 0 radical (unpaired) electrons. The Labute approximate surface area is 101 Å². The second-order valence-corrected chi connectivity index (χ2v) is 3.42. The first-order valence-electron chi connectivity index (χ1n) is 5.18. The number of halogens is 3. The van der Waals surface area contributed by atoms with E-state index in [0.717, 1.165) is 6.20 Å². The zero-order valence-electron chi connectivity index (χ0n) is 9.62. The van der Waals surface area contributed by atoms with Crippen LogP contribution in [-0.2, 0) is 11.2 Å². The average molecular weight is 263 g/mol. The van der Waals surface area contributed by atoms with Crippen LogP contribution in [0.1, 0.15) is 29.5 Å². The first kappa shape index (κ1) is 14.2. The second kappa shape index (κ2) is 5.65. The Balaban J connectivity index is 2.76. The number of hydrogen-bond donors (Lipinski definition) is 1. The minimum absolute atomic E-state index is 0.0485. The smallest absolute Gasteiger partial charge is 0.389 e. The number of nitrogen functional groups attached to an aromatic ring is 1. The number of esters is 1. The van der Waals surface area contributed by atoms with Crippen molar-refractivity contribution in [3.63, 3.8) is 0 Å². The first-order chi connectivity index (χ1) is 8.33. The lowest BCUT2D eigenvalue weighted by molar-refractivity contribution is -0.134. The molecule has 2 N–H and O–H groups in total. The van der Waals surface area contributed by atoms with E-state index < -0.39 is 18.6 Å². The molecular weight excluding hydrogens is 251 g/mol. The molecule has 0 aromatic carbocycles. The van der Waals surface area contributed by atoms with Gasteiger partial charge in [0.15, 0.2) is 0 Å². The van der Waals surface area contributed by atoms with Gasteiger partial charge in [0.25, 0.3) is 0 Å². The van der Waals surface area contributed by atoms with Crippen LogP contribution in [-0.4, -0.2) is 28.7 Å². The van der Waals surface area contributed by atoms with E-state index in [0.29, 0.717) is 0 Å². The van der Waals surface area contributed by atoms with E-state index in [9.17, 15) is 18.0 Å². The van der Waals surface area contributed by atoms with Gasteiger partial charge in [-0.2, -0.15) is 13.2 Å². The molecule has 1 heterocycles. The number of alkyl halides is 3. The molecule has 5 nitrogen and oxygen atoms in total. The molecule has 0 aliphatic rings. The summed E-state index contributed by atoms with van der Waals surface area (Å²) in [5.74, 6) is -0.934. The molecule has 0 amide bonds. The number of ether oxygens (including phenoxy) is 1. The number of nitrogens with two attached hydrogens (primary N) is 1. The molecule has 1 aromatic heterocycles. The number of carbonyl (C=O) groups is 1. The van der Waals surface area contributed by atoms with Gasteiger partial charge in [-0.05, 0) is 6.92 Å². The summed E-state index contributed by atoms with van der Waals surface area (Å²) in [5.41, 5.74) is 5.41. The Kier molecular flexibility index (Phi) is 4.46. The second-order valence-electron chi connectivity index (χ2n) is 3.42. The van der Waals surface area contributed by atoms with E-state index in [1.165, 1.54) is 0 Å². The van der Waals surface area contributed by atoms with Crippen molar-refractivity contribution in [2.45, 2.75) is 25.9 Å². The van der Waals surface area contributed by atoms with E-state index in [1.54, 1.807) is 6.92 Å². The van der Waals surface area contributed by atoms with Crippen LogP contribution in [0.3, 0.4) is 0 Å². The summed E-state index contributed by atoms with van der Waals surface area (Å²) < 4.78 is 40.7. The van der Waals surface area contributed by atoms with Gasteiger partial charge in [0.05, 0.1) is 13.0 Å². The quantitative estimate of drug-likeness (QED) is 0.837. The molecule has 100 valence electrons. The lowest BCUT2D eigenvalue weighted by atomic mass is 10.2. The Morgan fingerprint density at radius 1 is 1.50 bits per heavy atom. The molecule has 1 aromatic rings. The highest BCUT2D eigenvalue weighted by atomic mass is 19.4. The molecule has 0 fully saturated rings. The van der Waals surface area contributed by atoms with Crippen LogP contribution in [0.5, 0.6) is 0 Å². The van der Waals surface area contributed by atoms with Gasteiger partial charge in [0.1, 0.15) is 17.2 Å². The first-order valence-corrected chi connectivity index (χ1v) is 5.18. The summed E-state index contributed by atoms with van der Waals surface area (Å²) >= 11 is 0. The zero-order valence-corrected chi connectivity index (χ0v) is 9.62. The predicted molar refractivity (Wildman–Crippen MR) is 56.8 cm³/mol. The third kappa shape index (κ3) is 4.19. The molecule has 0 atom stereocenters. The van der Waals surface area contributed by atoms with Gasteiger partial charge < -0.3 is 10.5 Å². The molecule has 0 unspecified atom stereocenters. The van der Waals surface area contributed by atoms with Crippen LogP contribution in [0.4, 0.5) is 19.0 Å². The maximum Gasteiger partial charge on any atom is 0.389 e. The number of nitrogens with zero attached hydrogens (tertiary/aromatic N) is 2. The molecule has 0 bridgehead atoms. The van der Waals surface area contributed by atoms with E-state index >= 15 is 0 Å². The van der Waals surface area contributed by atoms with Crippen LogP contribution in [0.25, 0.3) is 0 Å². The fraction of sp³-hybridized carbons (Fsp3) is 0.500. The molecule has 0 saturated carbocycles. The normalized spacial score (nSPS) is 11.3. The average Bonchev–Trinajstić information content (AvgIpc) is 2.25. The lowest BCUT2D eigenvalue weighted by Crippen LogP contribution is -2.14. The zero-order chi connectivity index (χ0) is 13.8. The SMILES string of the molecule is CCOC(=O)c1cnc(CCC(F)(F)F)nc1N. The molecule has 18 heavy (non-hydrogen) atoms.